The zero-order chi connectivity index (χ0) is 23.4. The van der Waals surface area contributed by atoms with Gasteiger partial charge in [0.1, 0.15) is 17.1 Å². The van der Waals surface area contributed by atoms with E-state index >= 15 is 0 Å². The lowest BCUT2D eigenvalue weighted by Gasteiger charge is -2.36. The molecule has 0 radical (unpaired) electrons. The highest BCUT2D eigenvalue weighted by molar-refractivity contribution is 6.01. The number of fused-ring (bicyclic) bond motifs is 1. The summed E-state index contributed by atoms with van der Waals surface area (Å²) in [6.45, 7) is 8.09. The Balaban J connectivity index is 1.61. The van der Waals surface area contributed by atoms with Crippen molar-refractivity contribution >= 4 is 5.78 Å². The van der Waals surface area contributed by atoms with Crippen molar-refractivity contribution in [3.8, 4) is 11.5 Å². The molecule has 0 bridgehead atoms. The Morgan fingerprint density at radius 3 is 2.25 bits per heavy atom. The van der Waals surface area contributed by atoms with Crippen molar-refractivity contribution in [3.63, 3.8) is 0 Å². The van der Waals surface area contributed by atoms with Gasteiger partial charge in [-0.1, -0.05) is 63.3 Å². The van der Waals surface area contributed by atoms with Crippen LogP contribution in [0.25, 0.3) is 0 Å². The van der Waals surface area contributed by atoms with Crippen LogP contribution in [0.3, 0.4) is 0 Å². The summed E-state index contributed by atoms with van der Waals surface area (Å²) in [6.07, 6.45) is 23.9. The smallest absolute Gasteiger partial charge is 0.170 e. The Labute approximate surface area is 196 Å². The van der Waals surface area contributed by atoms with Crippen LogP contribution in [0, 0.1) is 13.8 Å². The second kappa shape index (κ2) is 13.5. The fraction of sp³-hybridized carbons (Fsp3) is 0.621. The zero-order valence-corrected chi connectivity index (χ0v) is 20.8. The first-order chi connectivity index (χ1) is 15.4. The van der Waals surface area contributed by atoms with E-state index in [-0.39, 0.29) is 11.5 Å². The van der Waals surface area contributed by atoms with Crippen LogP contribution >= 0.6 is 0 Å². The maximum atomic E-state index is 12.7. The molecule has 0 aromatic heterocycles. The van der Waals surface area contributed by atoms with Gasteiger partial charge < -0.3 is 9.84 Å². The van der Waals surface area contributed by atoms with Crippen molar-refractivity contribution < 1.29 is 14.6 Å². The fourth-order valence-electron chi connectivity index (χ4n) is 4.38. The monoisotopic (exact) mass is 440 g/mol. The fourth-order valence-corrected chi connectivity index (χ4v) is 4.38. The third kappa shape index (κ3) is 8.15. The van der Waals surface area contributed by atoms with Gasteiger partial charge in [0.2, 0.25) is 0 Å². The number of ether oxygens (including phenoxy) is 1. The van der Waals surface area contributed by atoms with Crippen molar-refractivity contribution in [2.24, 2.45) is 0 Å². The number of carbonyl (C=O) groups excluding carboxylic acids is 1. The van der Waals surface area contributed by atoms with E-state index in [0.717, 1.165) is 30.4 Å². The molecule has 3 nitrogen and oxygen atoms in total. The molecule has 1 aliphatic rings. The minimum atomic E-state index is -0.439. The predicted molar refractivity (Wildman–Crippen MR) is 135 cm³/mol. The predicted octanol–water partition coefficient (Wildman–Crippen LogP) is 8.55. The number of carbonyl (C=O) groups is 1. The van der Waals surface area contributed by atoms with Gasteiger partial charge in [-0.15, -0.1) is 0 Å². The van der Waals surface area contributed by atoms with Crippen LogP contribution in [0.1, 0.15) is 119 Å². The number of rotatable bonds is 14. The van der Waals surface area contributed by atoms with E-state index in [9.17, 15) is 9.90 Å². The summed E-state index contributed by atoms with van der Waals surface area (Å²) in [5, 5.41) is 10.0. The molecule has 1 N–H and O–H groups in total. The van der Waals surface area contributed by atoms with Crippen LogP contribution in [-0.4, -0.2) is 16.5 Å². The lowest BCUT2D eigenvalue weighted by molar-refractivity contribution is 0.0445. The average Bonchev–Trinajstić information content (AvgIpc) is 2.76. The average molecular weight is 441 g/mol. The van der Waals surface area contributed by atoms with Gasteiger partial charge in [-0.25, -0.2) is 0 Å². The number of allylic oxidation sites excluding steroid dienone is 4. The van der Waals surface area contributed by atoms with Gasteiger partial charge in [-0.2, -0.15) is 0 Å². The Kier molecular flexibility index (Phi) is 11.1. The maximum Gasteiger partial charge on any atom is 0.170 e. The number of ketones is 1. The normalized spacial score (nSPS) is 18.4. The first kappa shape index (κ1) is 26.2. The van der Waals surface area contributed by atoms with Crippen molar-refractivity contribution in [3.05, 3.63) is 47.1 Å². The largest absolute Gasteiger partial charge is 0.508 e. The van der Waals surface area contributed by atoms with Crippen LogP contribution in [0.4, 0.5) is 0 Å². The molecule has 1 atom stereocenters. The van der Waals surface area contributed by atoms with Gasteiger partial charge in [-0.05, 0) is 82.9 Å². The molecule has 1 aromatic carbocycles. The van der Waals surface area contributed by atoms with E-state index in [1.807, 2.05) is 13.8 Å². The number of hydrogen-bond donors (Lipinski definition) is 1. The minimum Gasteiger partial charge on any atom is -0.508 e. The van der Waals surface area contributed by atoms with Crippen molar-refractivity contribution in [1.29, 1.82) is 0 Å². The van der Waals surface area contributed by atoms with Crippen molar-refractivity contribution in [1.82, 2.24) is 0 Å². The van der Waals surface area contributed by atoms with E-state index in [1.165, 1.54) is 57.8 Å². The highest BCUT2D eigenvalue weighted by Crippen LogP contribution is 2.41. The van der Waals surface area contributed by atoms with E-state index in [4.69, 9.17) is 4.74 Å². The summed E-state index contributed by atoms with van der Waals surface area (Å²) in [6, 6.07) is 1.57. The number of unbranched alkanes of at least 4 members (excludes halogenated alkanes) is 8. The van der Waals surface area contributed by atoms with E-state index in [2.05, 4.69) is 38.2 Å². The molecule has 0 saturated carbocycles. The molecule has 0 spiro atoms. The van der Waals surface area contributed by atoms with E-state index < -0.39 is 5.60 Å². The minimum absolute atomic E-state index is 0.0785. The zero-order valence-electron chi connectivity index (χ0n) is 20.8. The lowest BCUT2D eigenvalue weighted by atomic mass is 9.85. The van der Waals surface area contributed by atoms with Crippen LogP contribution in [0.5, 0.6) is 11.5 Å². The SMILES string of the molecule is CCCCC/C=C\C/C=C\CCCCCCCC1(C)CC(=O)c2cc(O)c(C)c(C)c2O1. The first-order valence-electron chi connectivity index (χ1n) is 12.7. The third-order valence-electron chi connectivity index (χ3n) is 6.65. The molecule has 1 unspecified atom stereocenters. The summed E-state index contributed by atoms with van der Waals surface area (Å²) < 4.78 is 6.33. The van der Waals surface area contributed by atoms with Gasteiger partial charge >= 0.3 is 0 Å². The number of aromatic hydroxyl groups is 1. The van der Waals surface area contributed by atoms with Crippen LogP contribution < -0.4 is 4.74 Å². The Morgan fingerprint density at radius 1 is 0.938 bits per heavy atom. The second-order valence-electron chi connectivity index (χ2n) is 9.66. The number of Topliss-reactive ketones (excluding diaryl/α,β-unsaturated/α-hetero) is 1. The van der Waals surface area contributed by atoms with Crippen LogP contribution in [0.15, 0.2) is 30.4 Å². The Hall–Kier alpha value is -2.03. The first-order valence-corrected chi connectivity index (χ1v) is 12.7. The van der Waals surface area contributed by atoms with Crippen LogP contribution in [-0.2, 0) is 0 Å². The molecule has 3 heteroatoms. The topological polar surface area (TPSA) is 46.5 Å². The highest BCUT2D eigenvalue weighted by atomic mass is 16.5. The standard InChI is InChI=1S/C29H44O3/c1-5-6-7-8-9-10-11-12-13-14-15-16-17-18-19-20-29(4)22-27(31)25-21-26(30)23(2)24(3)28(25)32-29/h9-10,12-13,21,30H,5-8,11,14-20,22H2,1-4H3/b10-9-,13-12-. The number of benzene rings is 1. The molecule has 0 amide bonds. The molecule has 1 aliphatic heterocycles. The van der Waals surface area contributed by atoms with Crippen molar-refractivity contribution in [2.75, 3.05) is 0 Å². The maximum absolute atomic E-state index is 12.7. The Morgan fingerprint density at radius 2 is 1.56 bits per heavy atom. The molecular formula is C29H44O3. The molecule has 1 heterocycles. The Bertz CT molecular complexity index is 790. The summed E-state index contributed by atoms with van der Waals surface area (Å²) >= 11 is 0. The summed E-state index contributed by atoms with van der Waals surface area (Å²) in [5.74, 6) is 0.923. The van der Waals surface area contributed by atoms with Gasteiger partial charge in [0.15, 0.2) is 5.78 Å². The van der Waals surface area contributed by atoms with Gasteiger partial charge in [0.05, 0.1) is 12.0 Å². The molecule has 2 rings (SSSR count). The number of hydrogen-bond acceptors (Lipinski definition) is 3. The van der Waals surface area contributed by atoms with E-state index in [0.29, 0.717) is 17.7 Å². The molecule has 1 aromatic rings. The van der Waals surface area contributed by atoms with Gasteiger partial charge in [0, 0.05) is 0 Å². The molecule has 0 aliphatic carbocycles. The molecule has 0 saturated heterocycles. The summed E-state index contributed by atoms with van der Waals surface area (Å²) in [4.78, 5) is 12.7. The third-order valence-corrected chi connectivity index (χ3v) is 6.65. The number of phenols is 1. The van der Waals surface area contributed by atoms with Gasteiger partial charge in [0.25, 0.3) is 0 Å². The second-order valence-corrected chi connectivity index (χ2v) is 9.66. The summed E-state index contributed by atoms with van der Waals surface area (Å²) in [7, 11) is 0. The molecule has 0 fully saturated rings. The lowest BCUT2D eigenvalue weighted by Crippen LogP contribution is -2.39. The molecular weight excluding hydrogens is 396 g/mol. The highest BCUT2D eigenvalue weighted by Gasteiger charge is 2.37. The van der Waals surface area contributed by atoms with Crippen LogP contribution in [0.2, 0.25) is 0 Å². The molecule has 32 heavy (non-hydrogen) atoms. The molecule has 178 valence electrons. The summed E-state index contributed by atoms with van der Waals surface area (Å²) in [5.41, 5.74) is 1.76. The quantitative estimate of drug-likeness (QED) is 0.233. The van der Waals surface area contributed by atoms with Crippen molar-refractivity contribution in [2.45, 2.75) is 117 Å². The number of phenolic OH excluding ortho intramolecular Hbond substituents is 1. The van der Waals surface area contributed by atoms with E-state index in [1.54, 1.807) is 6.07 Å². The van der Waals surface area contributed by atoms with Gasteiger partial charge in [-0.3, -0.25) is 4.79 Å².